The quantitative estimate of drug-likeness (QED) is 0.832. The van der Waals surface area contributed by atoms with Crippen LogP contribution < -0.4 is 10.2 Å². The average Bonchev–Trinajstić information content (AvgIpc) is 2.79. The van der Waals surface area contributed by atoms with Crippen LogP contribution in [0.15, 0.2) is 18.2 Å². The van der Waals surface area contributed by atoms with E-state index in [-0.39, 0.29) is 17.4 Å². The molecule has 0 bridgehead atoms. The molecule has 0 aromatic heterocycles. The van der Waals surface area contributed by atoms with Crippen molar-refractivity contribution in [2.45, 2.75) is 6.42 Å². The zero-order chi connectivity index (χ0) is 14.0. The number of carboxylic acid groups (broad SMARTS) is 1. The molecule has 1 amide bonds. The minimum absolute atomic E-state index is 0.0310. The van der Waals surface area contributed by atoms with Crippen molar-refractivity contribution in [3.8, 4) is 0 Å². The predicted molar refractivity (Wildman–Crippen MR) is 77.2 cm³/mol. The maximum Gasteiger partial charge on any atom is 0.335 e. The first kappa shape index (κ1) is 13.9. The molecule has 1 heterocycles. The molecule has 0 aliphatic carbocycles. The van der Waals surface area contributed by atoms with Crippen molar-refractivity contribution < 1.29 is 14.7 Å². The van der Waals surface area contributed by atoms with E-state index < -0.39 is 5.97 Å². The highest BCUT2D eigenvalue weighted by Gasteiger charge is 2.31. The van der Waals surface area contributed by atoms with E-state index in [1.165, 1.54) is 6.07 Å². The van der Waals surface area contributed by atoms with Crippen LogP contribution in [0.1, 0.15) is 16.8 Å². The van der Waals surface area contributed by atoms with E-state index in [4.69, 9.17) is 5.11 Å². The van der Waals surface area contributed by atoms with Crippen LogP contribution in [0, 0.1) is 5.92 Å². The van der Waals surface area contributed by atoms with E-state index in [1.54, 1.807) is 24.1 Å². The SMILES string of the molecule is CNc1ccc(C(=O)O)cc1N1CC(CBr)CC1=O. The minimum Gasteiger partial charge on any atom is -0.478 e. The molecular formula is C13H15BrN2O3. The van der Waals surface area contributed by atoms with Gasteiger partial charge in [-0.05, 0) is 24.1 Å². The smallest absolute Gasteiger partial charge is 0.335 e. The largest absolute Gasteiger partial charge is 0.478 e. The van der Waals surface area contributed by atoms with Crippen molar-refractivity contribution in [1.82, 2.24) is 0 Å². The molecule has 0 radical (unpaired) electrons. The van der Waals surface area contributed by atoms with E-state index in [1.807, 2.05) is 0 Å². The molecule has 6 heteroatoms. The number of alkyl halides is 1. The fourth-order valence-corrected chi connectivity index (χ4v) is 2.65. The molecule has 1 fully saturated rings. The Labute approximate surface area is 119 Å². The second-order valence-electron chi connectivity index (χ2n) is 4.52. The first-order valence-electron chi connectivity index (χ1n) is 5.98. The van der Waals surface area contributed by atoms with E-state index in [0.717, 1.165) is 11.0 Å². The van der Waals surface area contributed by atoms with Crippen LogP contribution >= 0.6 is 15.9 Å². The van der Waals surface area contributed by atoms with Crippen molar-refractivity contribution in [1.29, 1.82) is 0 Å². The van der Waals surface area contributed by atoms with Gasteiger partial charge in [0.05, 0.1) is 16.9 Å². The normalized spacial score (nSPS) is 18.7. The molecule has 102 valence electrons. The predicted octanol–water partition coefficient (Wildman–Crippen LogP) is 2.17. The maximum absolute atomic E-state index is 12.0. The molecular weight excluding hydrogens is 312 g/mol. The molecule has 0 saturated carbocycles. The van der Waals surface area contributed by atoms with Gasteiger partial charge in [0.2, 0.25) is 5.91 Å². The van der Waals surface area contributed by atoms with Crippen LogP contribution in [-0.2, 0) is 4.79 Å². The summed E-state index contributed by atoms with van der Waals surface area (Å²) in [4.78, 5) is 24.7. The molecule has 5 nitrogen and oxygen atoms in total. The fourth-order valence-electron chi connectivity index (χ4n) is 2.22. The molecule has 0 spiro atoms. The number of benzene rings is 1. The number of carbonyl (C=O) groups is 2. The lowest BCUT2D eigenvalue weighted by Gasteiger charge is -2.20. The number of carboxylic acids is 1. The summed E-state index contributed by atoms with van der Waals surface area (Å²) in [5.41, 5.74) is 1.58. The highest BCUT2D eigenvalue weighted by Crippen LogP contribution is 2.32. The highest BCUT2D eigenvalue weighted by molar-refractivity contribution is 9.09. The standard InChI is InChI=1S/C13H15BrN2O3/c1-15-10-3-2-9(13(18)19)5-11(10)16-7-8(6-14)4-12(16)17/h2-3,5,8,15H,4,6-7H2,1H3,(H,18,19). The summed E-state index contributed by atoms with van der Waals surface area (Å²) in [5, 5.41) is 12.8. The van der Waals surface area contributed by atoms with Crippen molar-refractivity contribution in [3.05, 3.63) is 23.8 Å². The second-order valence-corrected chi connectivity index (χ2v) is 5.16. The Bertz CT molecular complexity index is 519. The van der Waals surface area contributed by atoms with Crippen LogP contribution in [-0.4, -0.2) is 35.9 Å². The summed E-state index contributed by atoms with van der Waals surface area (Å²) in [5.74, 6) is -0.693. The summed E-state index contributed by atoms with van der Waals surface area (Å²) >= 11 is 3.39. The zero-order valence-electron chi connectivity index (χ0n) is 10.5. The maximum atomic E-state index is 12.0. The summed E-state index contributed by atoms with van der Waals surface area (Å²) in [7, 11) is 1.75. The topological polar surface area (TPSA) is 69.6 Å². The van der Waals surface area contributed by atoms with E-state index in [2.05, 4.69) is 21.2 Å². The van der Waals surface area contributed by atoms with Crippen LogP contribution in [0.25, 0.3) is 0 Å². The van der Waals surface area contributed by atoms with Gasteiger partial charge < -0.3 is 15.3 Å². The van der Waals surface area contributed by atoms with Gasteiger partial charge in [0, 0.05) is 25.3 Å². The molecule has 1 unspecified atom stereocenters. The van der Waals surface area contributed by atoms with Crippen molar-refractivity contribution in [2.24, 2.45) is 5.92 Å². The third-order valence-corrected chi connectivity index (χ3v) is 4.14. The Balaban J connectivity index is 2.39. The van der Waals surface area contributed by atoms with Gasteiger partial charge in [-0.25, -0.2) is 4.79 Å². The number of hydrogen-bond acceptors (Lipinski definition) is 3. The lowest BCUT2D eigenvalue weighted by atomic mass is 10.1. The highest BCUT2D eigenvalue weighted by atomic mass is 79.9. The Morgan fingerprint density at radius 2 is 2.32 bits per heavy atom. The Morgan fingerprint density at radius 3 is 2.84 bits per heavy atom. The summed E-state index contributed by atoms with van der Waals surface area (Å²) in [6, 6.07) is 4.76. The van der Waals surface area contributed by atoms with Crippen LogP contribution in [0.4, 0.5) is 11.4 Å². The van der Waals surface area contributed by atoms with Crippen molar-refractivity contribution in [2.75, 3.05) is 29.1 Å². The average molecular weight is 327 g/mol. The van der Waals surface area contributed by atoms with Gasteiger partial charge in [-0.3, -0.25) is 4.79 Å². The zero-order valence-corrected chi connectivity index (χ0v) is 12.1. The van der Waals surface area contributed by atoms with Gasteiger partial charge in [0.1, 0.15) is 0 Å². The summed E-state index contributed by atoms with van der Waals surface area (Å²) in [6.07, 6.45) is 0.492. The van der Waals surface area contributed by atoms with Crippen molar-refractivity contribution in [3.63, 3.8) is 0 Å². The number of halogens is 1. The number of rotatable bonds is 4. The molecule has 2 rings (SSSR count). The fraction of sp³-hybridized carbons (Fsp3) is 0.385. The molecule has 19 heavy (non-hydrogen) atoms. The number of anilines is 2. The third-order valence-electron chi connectivity index (χ3n) is 3.23. The number of amides is 1. The molecule has 1 atom stereocenters. The molecule has 1 aromatic rings. The van der Waals surface area contributed by atoms with Gasteiger partial charge in [-0.1, -0.05) is 15.9 Å². The van der Waals surface area contributed by atoms with Gasteiger partial charge in [0.15, 0.2) is 0 Å². The van der Waals surface area contributed by atoms with E-state index in [0.29, 0.717) is 18.7 Å². The lowest BCUT2D eigenvalue weighted by molar-refractivity contribution is -0.117. The first-order chi connectivity index (χ1) is 9.06. The van der Waals surface area contributed by atoms with Gasteiger partial charge in [0.25, 0.3) is 0 Å². The summed E-state index contributed by atoms with van der Waals surface area (Å²) in [6.45, 7) is 0.613. The number of nitrogens with one attached hydrogen (secondary N) is 1. The number of aromatic carboxylic acids is 1. The molecule has 1 saturated heterocycles. The van der Waals surface area contributed by atoms with E-state index >= 15 is 0 Å². The first-order valence-corrected chi connectivity index (χ1v) is 7.10. The number of hydrogen-bond donors (Lipinski definition) is 2. The summed E-state index contributed by atoms with van der Waals surface area (Å²) < 4.78 is 0. The molecule has 1 aliphatic rings. The monoisotopic (exact) mass is 326 g/mol. The van der Waals surface area contributed by atoms with Gasteiger partial charge in [-0.2, -0.15) is 0 Å². The second kappa shape index (κ2) is 5.61. The Kier molecular flexibility index (Phi) is 4.09. The van der Waals surface area contributed by atoms with Crippen LogP contribution in [0.3, 0.4) is 0 Å². The Hall–Kier alpha value is -1.56. The van der Waals surface area contributed by atoms with Gasteiger partial charge >= 0.3 is 5.97 Å². The minimum atomic E-state index is -0.993. The third kappa shape index (κ3) is 2.73. The molecule has 1 aliphatic heterocycles. The molecule has 1 aromatic carbocycles. The number of carbonyl (C=O) groups excluding carboxylic acids is 1. The number of nitrogens with zero attached hydrogens (tertiary/aromatic N) is 1. The molecule has 2 N–H and O–H groups in total. The van der Waals surface area contributed by atoms with E-state index in [9.17, 15) is 9.59 Å². The van der Waals surface area contributed by atoms with Crippen LogP contribution in [0.5, 0.6) is 0 Å². The van der Waals surface area contributed by atoms with Crippen LogP contribution in [0.2, 0.25) is 0 Å². The van der Waals surface area contributed by atoms with Crippen molar-refractivity contribution >= 4 is 39.2 Å². The Morgan fingerprint density at radius 1 is 1.58 bits per heavy atom. The van der Waals surface area contributed by atoms with Gasteiger partial charge in [-0.15, -0.1) is 0 Å². The lowest BCUT2D eigenvalue weighted by Crippen LogP contribution is -2.25.